The third-order valence-corrected chi connectivity index (χ3v) is 3.93. The molecule has 98 valence electrons. The fourth-order valence-corrected chi connectivity index (χ4v) is 2.80. The summed E-state index contributed by atoms with van der Waals surface area (Å²) in [5, 5.41) is 14.4. The maximum atomic E-state index is 5.90. The lowest BCUT2D eigenvalue weighted by molar-refractivity contribution is 0.673. The zero-order chi connectivity index (χ0) is 13.3. The summed E-state index contributed by atoms with van der Waals surface area (Å²) in [6.45, 7) is 4.02. The van der Waals surface area contributed by atoms with Crippen molar-refractivity contribution in [3.8, 4) is 0 Å². The van der Waals surface area contributed by atoms with Crippen molar-refractivity contribution in [2.75, 3.05) is 0 Å². The van der Waals surface area contributed by atoms with Gasteiger partial charge in [-0.1, -0.05) is 0 Å². The van der Waals surface area contributed by atoms with E-state index in [1.54, 1.807) is 18.1 Å². The van der Waals surface area contributed by atoms with Crippen LogP contribution in [-0.4, -0.2) is 30.6 Å². The Labute approximate surface area is 111 Å². The molecule has 2 aromatic rings. The number of rotatable bonds is 4. The van der Waals surface area contributed by atoms with Crippen LogP contribution in [0.4, 0.5) is 0 Å². The van der Waals surface area contributed by atoms with E-state index in [1.165, 1.54) is 5.56 Å². The van der Waals surface area contributed by atoms with Gasteiger partial charge in [0.15, 0.2) is 5.16 Å². The monoisotopic (exact) mass is 266 g/mol. The molecule has 2 heterocycles. The van der Waals surface area contributed by atoms with Crippen LogP contribution in [0.3, 0.4) is 0 Å². The molecule has 0 fully saturated rings. The first-order valence-electron chi connectivity index (χ1n) is 5.79. The largest absolute Gasteiger partial charge is 0.328 e. The summed E-state index contributed by atoms with van der Waals surface area (Å²) >= 11 is 1.57. The normalized spacial score (nSPS) is 12.9. The number of hydrogen-bond donors (Lipinski definition) is 1. The molecule has 1 atom stereocenters. The molecule has 2 aromatic heterocycles. The summed E-state index contributed by atoms with van der Waals surface area (Å²) in [7, 11) is 3.87. The second-order valence-electron chi connectivity index (χ2n) is 4.50. The molecule has 0 saturated carbocycles. The van der Waals surface area contributed by atoms with Crippen molar-refractivity contribution in [1.29, 1.82) is 0 Å². The summed E-state index contributed by atoms with van der Waals surface area (Å²) in [6, 6.07) is 0.117. The highest BCUT2D eigenvalue weighted by atomic mass is 32.2. The molecule has 2 rings (SSSR count). The van der Waals surface area contributed by atoms with Crippen molar-refractivity contribution in [2.45, 2.75) is 36.5 Å². The fraction of sp³-hybridized carbons (Fsp3) is 0.545. The molecule has 2 N–H and O–H groups in total. The first-order chi connectivity index (χ1) is 8.49. The lowest BCUT2D eigenvalue weighted by atomic mass is 10.1. The first kappa shape index (κ1) is 13.1. The minimum Gasteiger partial charge on any atom is -0.328 e. The summed E-state index contributed by atoms with van der Waals surface area (Å²) in [5.74, 6) is 0. The molecule has 0 aliphatic rings. The Morgan fingerprint density at radius 3 is 2.72 bits per heavy atom. The van der Waals surface area contributed by atoms with E-state index in [2.05, 4.69) is 15.3 Å². The average molecular weight is 266 g/mol. The molecule has 18 heavy (non-hydrogen) atoms. The van der Waals surface area contributed by atoms with Gasteiger partial charge >= 0.3 is 0 Å². The molecule has 0 aliphatic carbocycles. The fourth-order valence-electron chi connectivity index (χ4n) is 1.82. The molecule has 0 aliphatic heterocycles. The van der Waals surface area contributed by atoms with Crippen LogP contribution in [0.2, 0.25) is 0 Å². The second-order valence-corrected chi connectivity index (χ2v) is 5.46. The Morgan fingerprint density at radius 2 is 2.17 bits per heavy atom. The lowest BCUT2D eigenvalue weighted by Gasteiger charge is -2.08. The summed E-state index contributed by atoms with van der Waals surface area (Å²) in [6.07, 6.45) is 2.51. The number of nitrogens with zero attached hydrogens (tertiary/aromatic N) is 5. The van der Waals surface area contributed by atoms with Gasteiger partial charge in [-0.15, -0.1) is 10.2 Å². The van der Waals surface area contributed by atoms with Gasteiger partial charge in [0.1, 0.15) is 11.4 Å². The minimum absolute atomic E-state index is 0.117. The molecule has 0 bridgehead atoms. The van der Waals surface area contributed by atoms with Crippen molar-refractivity contribution in [3.05, 3.63) is 17.6 Å². The van der Waals surface area contributed by atoms with Gasteiger partial charge in [-0.3, -0.25) is 4.68 Å². The van der Waals surface area contributed by atoms with Crippen LogP contribution in [-0.2, 0) is 20.5 Å². The van der Waals surface area contributed by atoms with Crippen molar-refractivity contribution in [3.63, 3.8) is 0 Å². The van der Waals surface area contributed by atoms with E-state index >= 15 is 0 Å². The van der Waals surface area contributed by atoms with E-state index in [0.29, 0.717) is 0 Å². The SMILES string of the molecule is Cc1nn(C)c(Sc2nncn2C)c1CC(C)N. The minimum atomic E-state index is 0.117. The summed E-state index contributed by atoms with van der Waals surface area (Å²) < 4.78 is 3.77. The molecule has 0 aromatic carbocycles. The van der Waals surface area contributed by atoms with Crippen molar-refractivity contribution in [1.82, 2.24) is 24.5 Å². The Hall–Kier alpha value is -1.34. The predicted molar refractivity (Wildman–Crippen MR) is 70.4 cm³/mol. The third kappa shape index (κ3) is 2.56. The molecule has 7 heteroatoms. The number of hydrogen-bond acceptors (Lipinski definition) is 5. The third-order valence-electron chi connectivity index (χ3n) is 2.67. The van der Waals surface area contributed by atoms with Gasteiger partial charge in [0.2, 0.25) is 0 Å². The molecule has 6 nitrogen and oxygen atoms in total. The van der Waals surface area contributed by atoms with Crippen LogP contribution in [0.1, 0.15) is 18.2 Å². The summed E-state index contributed by atoms with van der Waals surface area (Å²) in [5.41, 5.74) is 8.12. The Balaban J connectivity index is 2.34. The van der Waals surface area contributed by atoms with Crippen LogP contribution in [0.25, 0.3) is 0 Å². The molecular formula is C11H18N6S. The molecule has 0 spiro atoms. The van der Waals surface area contributed by atoms with Crippen LogP contribution >= 0.6 is 11.8 Å². The molecule has 1 unspecified atom stereocenters. The van der Waals surface area contributed by atoms with Crippen molar-refractivity contribution in [2.24, 2.45) is 19.8 Å². The van der Waals surface area contributed by atoms with E-state index in [-0.39, 0.29) is 6.04 Å². The van der Waals surface area contributed by atoms with E-state index in [1.807, 2.05) is 37.2 Å². The van der Waals surface area contributed by atoms with Gasteiger partial charge in [0, 0.05) is 25.7 Å². The topological polar surface area (TPSA) is 74.5 Å². The summed E-state index contributed by atoms with van der Waals surface area (Å²) in [4.78, 5) is 0. The molecular weight excluding hydrogens is 248 g/mol. The second kappa shape index (κ2) is 5.11. The molecule has 0 saturated heterocycles. The zero-order valence-corrected chi connectivity index (χ0v) is 11.9. The number of aryl methyl sites for hydroxylation is 3. The van der Waals surface area contributed by atoms with E-state index in [4.69, 9.17) is 5.73 Å². The quantitative estimate of drug-likeness (QED) is 0.890. The lowest BCUT2D eigenvalue weighted by Crippen LogP contribution is -2.18. The van der Waals surface area contributed by atoms with Crippen LogP contribution in [0.5, 0.6) is 0 Å². The van der Waals surface area contributed by atoms with Crippen LogP contribution in [0.15, 0.2) is 16.5 Å². The zero-order valence-electron chi connectivity index (χ0n) is 11.1. The van der Waals surface area contributed by atoms with E-state index < -0.39 is 0 Å². The van der Waals surface area contributed by atoms with Gasteiger partial charge < -0.3 is 10.3 Å². The van der Waals surface area contributed by atoms with Gasteiger partial charge in [0.05, 0.1) is 5.69 Å². The highest BCUT2D eigenvalue weighted by molar-refractivity contribution is 7.99. The van der Waals surface area contributed by atoms with Crippen LogP contribution in [0, 0.1) is 6.92 Å². The van der Waals surface area contributed by atoms with E-state index in [9.17, 15) is 0 Å². The Bertz CT molecular complexity index is 542. The Kier molecular flexibility index (Phi) is 3.72. The Morgan fingerprint density at radius 1 is 1.44 bits per heavy atom. The number of nitrogens with two attached hydrogens (primary N) is 1. The maximum Gasteiger partial charge on any atom is 0.197 e. The van der Waals surface area contributed by atoms with Crippen LogP contribution < -0.4 is 5.73 Å². The highest BCUT2D eigenvalue weighted by Gasteiger charge is 2.17. The first-order valence-corrected chi connectivity index (χ1v) is 6.60. The van der Waals surface area contributed by atoms with Crippen molar-refractivity contribution >= 4 is 11.8 Å². The van der Waals surface area contributed by atoms with Gasteiger partial charge in [0.25, 0.3) is 0 Å². The molecule has 0 radical (unpaired) electrons. The van der Waals surface area contributed by atoms with E-state index in [0.717, 1.165) is 22.3 Å². The standard InChI is InChI=1S/C11H18N6S/c1-7(12)5-9-8(2)15-17(4)10(9)18-11-14-13-6-16(11)3/h6-7H,5,12H2,1-4H3. The van der Waals surface area contributed by atoms with Gasteiger partial charge in [-0.25, -0.2) is 0 Å². The maximum absolute atomic E-state index is 5.90. The predicted octanol–water partition coefficient (Wildman–Crippen LogP) is 0.898. The van der Waals surface area contributed by atoms with Gasteiger partial charge in [-0.2, -0.15) is 5.10 Å². The highest BCUT2D eigenvalue weighted by Crippen LogP contribution is 2.30. The average Bonchev–Trinajstić information content (AvgIpc) is 2.77. The molecule has 0 amide bonds. The van der Waals surface area contributed by atoms with Crippen molar-refractivity contribution < 1.29 is 0 Å². The van der Waals surface area contributed by atoms with Gasteiger partial charge in [-0.05, 0) is 32.0 Å². The smallest absolute Gasteiger partial charge is 0.197 e. The number of aromatic nitrogens is 5.